The smallest absolute Gasteiger partial charge is 0.340 e. The standard InChI is InChI=1S/C16H34O4Si/c1-4-7-9-19-21(12-6-3,20-10-8-5-2)13-11-17-14-16-15-18-16/h16H,4-15H2,1-3H3. The Kier molecular flexibility index (Phi) is 10.6. The van der Waals surface area contributed by atoms with E-state index in [4.69, 9.17) is 18.3 Å². The summed E-state index contributed by atoms with van der Waals surface area (Å²) in [6, 6.07) is 2.02. The number of hydrogen-bond acceptors (Lipinski definition) is 4. The molecule has 0 radical (unpaired) electrons. The minimum Gasteiger partial charge on any atom is -0.394 e. The van der Waals surface area contributed by atoms with E-state index in [1.54, 1.807) is 0 Å². The molecule has 0 aromatic carbocycles. The van der Waals surface area contributed by atoms with Gasteiger partial charge in [-0.3, -0.25) is 0 Å². The van der Waals surface area contributed by atoms with Gasteiger partial charge in [-0.15, -0.1) is 0 Å². The van der Waals surface area contributed by atoms with Crippen molar-refractivity contribution in [3.05, 3.63) is 0 Å². The van der Waals surface area contributed by atoms with Crippen molar-refractivity contribution in [2.24, 2.45) is 0 Å². The van der Waals surface area contributed by atoms with Gasteiger partial charge in [-0.05, 0) is 18.9 Å². The zero-order valence-corrected chi connectivity index (χ0v) is 15.2. The second-order valence-electron chi connectivity index (χ2n) is 5.84. The zero-order chi connectivity index (χ0) is 15.4. The summed E-state index contributed by atoms with van der Waals surface area (Å²) in [5.74, 6) is 0. The van der Waals surface area contributed by atoms with Crippen LogP contribution < -0.4 is 0 Å². The molecule has 4 nitrogen and oxygen atoms in total. The summed E-state index contributed by atoms with van der Waals surface area (Å²) in [5.41, 5.74) is 0. The van der Waals surface area contributed by atoms with E-state index in [1.165, 1.54) is 12.8 Å². The first-order valence-corrected chi connectivity index (χ1v) is 11.0. The molecule has 0 saturated carbocycles. The molecule has 21 heavy (non-hydrogen) atoms. The summed E-state index contributed by atoms with van der Waals surface area (Å²) >= 11 is 0. The molecule has 1 heterocycles. The molecule has 1 atom stereocenters. The lowest BCUT2D eigenvalue weighted by Crippen LogP contribution is -2.43. The summed E-state index contributed by atoms with van der Waals surface area (Å²) in [6.45, 7) is 10.6. The van der Waals surface area contributed by atoms with E-state index in [2.05, 4.69) is 20.8 Å². The quantitative estimate of drug-likeness (QED) is 0.261. The molecule has 1 aliphatic rings. The first-order valence-electron chi connectivity index (χ1n) is 8.73. The highest BCUT2D eigenvalue weighted by atomic mass is 28.4. The van der Waals surface area contributed by atoms with Crippen LogP contribution in [-0.4, -0.2) is 47.7 Å². The number of rotatable bonds is 15. The van der Waals surface area contributed by atoms with Gasteiger partial charge in [-0.1, -0.05) is 40.0 Å². The molecule has 1 fully saturated rings. The Balaban J connectivity index is 2.39. The van der Waals surface area contributed by atoms with Gasteiger partial charge in [-0.2, -0.15) is 0 Å². The maximum atomic E-state index is 6.29. The predicted octanol–water partition coefficient (Wildman–Crippen LogP) is 3.89. The minimum absolute atomic E-state index is 0.342. The van der Waals surface area contributed by atoms with Gasteiger partial charge in [0.1, 0.15) is 6.10 Å². The van der Waals surface area contributed by atoms with Gasteiger partial charge >= 0.3 is 8.56 Å². The van der Waals surface area contributed by atoms with Crippen LogP contribution in [0.15, 0.2) is 0 Å². The summed E-state index contributed by atoms with van der Waals surface area (Å²) in [4.78, 5) is 0. The maximum absolute atomic E-state index is 6.29. The van der Waals surface area contributed by atoms with E-state index in [1.807, 2.05) is 0 Å². The fourth-order valence-corrected chi connectivity index (χ4v) is 5.41. The van der Waals surface area contributed by atoms with Gasteiger partial charge < -0.3 is 18.3 Å². The van der Waals surface area contributed by atoms with Crippen molar-refractivity contribution in [2.75, 3.05) is 33.0 Å². The second kappa shape index (κ2) is 11.6. The summed E-state index contributed by atoms with van der Waals surface area (Å²) in [6.07, 6.45) is 6.03. The highest BCUT2D eigenvalue weighted by Gasteiger charge is 2.36. The largest absolute Gasteiger partial charge is 0.394 e. The van der Waals surface area contributed by atoms with Crippen LogP contribution in [0.25, 0.3) is 0 Å². The van der Waals surface area contributed by atoms with Crippen molar-refractivity contribution in [3.8, 4) is 0 Å². The van der Waals surface area contributed by atoms with E-state index in [0.717, 1.165) is 64.4 Å². The van der Waals surface area contributed by atoms with Crippen molar-refractivity contribution in [1.29, 1.82) is 0 Å². The Bertz CT molecular complexity index is 236. The lowest BCUT2D eigenvalue weighted by molar-refractivity contribution is 0.109. The fraction of sp³-hybridized carbons (Fsp3) is 1.00. The van der Waals surface area contributed by atoms with Crippen molar-refractivity contribution >= 4 is 8.56 Å². The molecule has 5 heteroatoms. The minimum atomic E-state index is -2.09. The molecule has 0 aromatic rings. The highest BCUT2D eigenvalue weighted by Crippen LogP contribution is 2.23. The molecule has 126 valence electrons. The first kappa shape index (κ1) is 19.1. The van der Waals surface area contributed by atoms with E-state index in [-0.39, 0.29) is 0 Å². The third kappa shape index (κ3) is 8.93. The number of unbranched alkanes of at least 4 members (excludes halogenated alkanes) is 2. The first-order chi connectivity index (χ1) is 10.3. The molecule has 0 N–H and O–H groups in total. The number of ether oxygens (including phenoxy) is 2. The van der Waals surface area contributed by atoms with Gasteiger partial charge in [-0.25, -0.2) is 0 Å². The van der Waals surface area contributed by atoms with Crippen LogP contribution >= 0.6 is 0 Å². The van der Waals surface area contributed by atoms with Crippen molar-refractivity contribution in [3.63, 3.8) is 0 Å². The van der Waals surface area contributed by atoms with Crippen LogP contribution in [0.4, 0.5) is 0 Å². The number of epoxide rings is 1. The number of hydrogen-bond donors (Lipinski definition) is 0. The monoisotopic (exact) mass is 318 g/mol. The van der Waals surface area contributed by atoms with Gasteiger partial charge in [0.2, 0.25) is 0 Å². The van der Waals surface area contributed by atoms with Gasteiger partial charge in [0, 0.05) is 25.9 Å². The molecule has 0 aromatic heterocycles. The average Bonchev–Trinajstić information content (AvgIpc) is 3.29. The molecule has 0 spiro atoms. The van der Waals surface area contributed by atoms with E-state index < -0.39 is 8.56 Å². The van der Waals surface area contributed by atoms with Crippen LogP contribution in [0.3, 0.4) is 0 Å². The molecule has 1 rings (SSSR count). The molecule has 0 bridgehead atoms. The Hall–Kier alpha value is 0.0569. The Morgan fingerprint density at radius 1 is 0.905 bits per heavy atom. The average molecular weight is 319 g/mol. The van der Waals surface area contributed by atoms with Crippen LogP contribution in [0, 0.1) is 0 Å². The topological polar surface area (TPSA) is 40.2 Å². The van der Waals surface area contributed by atoms with E-state index in [9.17, 15) is 0 Å². The van der Waals surface area contributed by atoms with Crippen molar-refractivity contribution in [2.45, 2.75) is 71.1 Å². The summed E-state index contributed by atoms with van der Waals surface area (Å²) in [5, 5.41) is 0. The lowest BCUT2D eigenvalue weighted by Gasteiger charge is -2.31. The van der Waals surface area contributed by atoms with Crippen LogP contribution in [0.5, 0.6) is 0 Å². The Morgan fingerprint density at radius 3 is 2.00 bits per heavy atom. The predicted molar refractivity (Wildman–Crippen MR) is 87.9 cm³/mol. The lowest BCUT2D eigenvalue weighted by atomic mass is 10.4. The fourth-order valence-electron chi connectivity index (χ4n) is 2.25. The van der Waals surface area contributed by atoms with Crippen molar-refractivity contribution in [1.82, 2.24) is 0 Å². The molecular weight excluding hydrogens is 284 g/mol. The SMILES string of the molecule is CCCCO[Si](CCC)(CCOCC1CO1)OCCCC. The summed E-state index contributed by atoms with van der Waals surface area (Å²) in [7, 11) is -2.09. The third-order valence-electron chi connectivity index (χ3n) is 3.69. The van der Waals surface area contributed by atoms with Gasteiger partial charge in [0.05, 0.1) is 13.2 Å². The normalized spacial score (nSPS) is 18.1. The molecule has 1 aliphatic heterocycles. The Morgan fingerprint density at radius 2 is 1.52 bits per heavy atom. The van der Waals surface area contributed by atoms with Crippen LogP contribution in [-0.2, 0) is 18.3 Å². The molecule has 1 unspecified atom stereocenters. The summed E-state index contributed by atoms with van der Waals surface area (Å²) < 4.78 is 23.5. The molecular formula is C16H34O4Si. The molecule has 1 saturated heterocycles. The third-order valence-corrected chi connectivity index (χ3v) is 7.38. The van der Waals surface area contributed by atoms with E-state index >= 15 is 0 Å². The molecule has 0 amide bonds. The Labute approximate surface area is 131 Å². The van der Waals surface area contributed by atoms with Gasteiger partial charge in [0.25, 0.3) is 0 Å². The van der Waals surface area contributed by atoms with E-state index in [0.29, 0.717) is 6.10 Å². The second-order valence-corrected chi connectivity index (χ2v) is 9.24. The van der Waals surface area contributed by atoms with Gasteiger partial charge in [0.15, 0.2) is 0 Å². The highest BCUT2D eigenvalue weighted by molar-refractivity contribution is 6.67. The van der Waals surface area contributed by atoms with Crippen LogP contribution in [0.1, 0.15) is 52.9 Å². The van der Waals surface area contributed by atoms with Crippen molar-refractivity contribution < 1.29 is 18.3 Å². The maximum Gasteiger partial charge on any atom is 0.340 e. The van der Waals surface area contributed by atoms with Crippen LogP contribution in [0.2, 0.25) is 12.1 Å². The zero-order valence-electron chi connectivity index (χ0n) is 14.2. The molecule has 0 aliphatic carbocycles.